The Morgan fingerprint density at radius 1 is 1.30 bits per heavy atom. The summed E-state index contributed by atoms with van der Waals surface area (Å²) in [5.41, 5.74) is -0.726. The summed E-state index contributed by atoms with van der Waals surface area (Å²) in [4.78, 5) is 28.8. The Morgan fingerprint density at radius 2 is 1.96 bits per heavy atom. The monoisotopic (exact) mass is 387 g/mol. The molecule has 6 nitrogen and oxygen atoms in total. The molecule has 1 saturated heterocycles. The number of alkyl halides is 3. The van der Waals surface area contributed by atoms with E-state index >= 15 is 0 Å². The molecule has 0 bridgehead atoms. The highest BCUT2D eigenvalue weighted by molar-refractivity contribution is 5.88. The summed E-state index contributed by atoms with van der Waals surface area (Å²) >= 11 is 0. The molecule has 0 saturated carbocycles. The Labute approximate surface area is 156 Å². The lowest BCUT2D eigenvalue weighted by molar-refractivity contribution is -0.367. The molecule has 1 fully saturated rings. The number of hydrogen-bond acceptors (Lipinski definition) is 3. The van der Waals surface area contributed by atoms with E-state index in [4.69, 9.17) is 0 Å². The minimum Gasteiger partial charge on any atom is -0.354 e. The number of H-pyrrole nitrogens is 1. The van der Waals surface area contributed by atoms with Crippen molar-refractivity contribution in [1.82, 2.24) is 10.6 Å². The molecule has 27 heavy (non-hydrogen) atoms. The van der Waals surface area contributed by atoms with Crippen molar-refractivity contribution in [2.75, 3.05) is 24.5 Å². The van der Waals surface area contributed by atoms with Crippen LogP contribution in [-0.4, -0.2) is 37.5 Å². The molecule has 1 aromatic heterocycles. The third-order valence-corrected chi connectivity index (χ3v) is 4.63. The average molecular weight is 387 g/mol. The van der Waals surface area contributed by atoms with Gasteiger partial charge in [0.1, 0.15) is 12.2 Å². The molecule has 2 rings (SSSR count). The molecule has 0 unspecified atom stereocenters. The van der Waals surface area contributed by atoms with Gasteiger partial charge in [-0.2, -0.15) is 13.2 Å². The van der Waals surface area contributed by atoms with E-state index in [1.165, 1.54) is 6.07 Å². The van der Waals surface area contributed by atoms with Gasteiger partial charge in [0.25, 0.3) is 5.82 Å². The fraction of sp³-hybridized carbons (Fsp3) is 0.611. The van der Waals surface area contributed by atoms with Crippen molar-refractivity contribution in [2.45, 2.75) is 45.3 Å². The van der Waals surface area contributed by atoms with Crippen LogP contribution in [0.4, 0.5) is 19.0 Å². The molecule has 2 heterocycles. The van der Waals surface area contributed by atoms with Gasteiger partial charge in [-0.15, -0.1) is 0 Å². The minimum absolute atomic E-state index is 0.162. The first-order valence-electron chi connectivity index (χ1n) is 9.14. The molecule has 0 aromatic carbocycles. The smallest absolute Gasteiger partial charge is 0.354 e. The quantitative estimate of drug-likeness (QED) is 0.781. The van der Waals surface area contributed by atoms with Gasteiger partial charge in [-0.25, -0.2) is 4.98 Å². The number of amides is 2. The van der Waals surface area contributed by atoms with E-state index < -0.39 is 17.8 Å². The highest BCUT2D eigenvalue weighted by atomic mass is 19.4. The van der Waals surface area contributed by atoms with E-state index in [0.29, 0.717) is 38.3 Å². The van der Waals surface area contributed by atoms with Gasteiger partial charge in [-0.05, 0) is 32.3 Å². The van der Waals surface area contributed by atoms with Crippen LogP contribution in [0.1, 0.15) is 38.7 Å². The van der Waals surface area contributed by atoms with Gasteiger partial charge in [-0.3, -0.25) is 14.5 Å². The predicted octanol–water partition coefficient (Wildman–Crippen LogP) is 1.77. The van der Waals surface area contributed by atoms with Crippen LogP contribution < -0.4 is 20.5 Å². The summed E-state index contributed by atoms with van der Waals surface area (Å²) in [6, 6.07) is 1.86. The lowest BCUT2D eigenvalue weighted by atomic mass is 9.95. The van der Waals surface area contributed by atoms with Gasteiger partial charge < -0.3 is 10.6 Å². The number of aromatic nitrogens is 1. The molecular formula is C18H26F3N4O2+. The van der Waals surface area contributed by atoms with Gasteiger partial charge in [0.15, 0.2) is 0 Å². The van der Waals surface area contributed by atoms with E-state index in [9.17, 15) is 22.8 Å². The van der Waals surface area contributed by atoms with E-state index in [1.807, 2.05) is 11.8 Å². The first-order valence-corrected chi connectivity index (χ1v) is 9.14. The molecule has 9 heteroatoms. The van der Waals surface area contributed by atoms with E-state index in [0.717, 1.165) is 18.7 Å². The Kier molecular flexibility index (Phi) is 7.04. The molecule has 0 spiro atoms. The summed E-state index contributed by atoms with van der Waals surface area (Å²) in [5, 5.41) is 5.47. The first kappa shape index (κ1) is 21.0. The number of carbonyl (C=O) groups is 2. The molecule has 1 aliphatic rings. The molecule has 0 radical (unpaired) electrons. The summed E-state index contributed by atoms with van der Waals surface area (Å²) in [6.07, 6.45) is -1.45. The van der Waals surface area contributed by atoms with Gasteiger partial charge >= 0.3 is 6.18 Å². The molecular weight excluding hydrogens is 361 g/mol. The molecule has 3 N–H and O–H groups in total. The average Bonchev–Trinajstić information content (AvgIpc) is 2.65. The van der Waals surface area contributed by atoms with Crippen LogP contribution in [0, 0.1) is 5.92 Å². The number of halogens is 3. The zero-order chi connectivity index (χ0) is 20.0. The number of piperidine rings is 1. The van der Waals surface area contributed by atoms with Crippen molar-refractivity contribution in [3.8, 4) is 0 Å². The molecule has 0 aliphatic carbocycles. The SMILES string of the molecule is CCCNC(=O)[C@H](C)NC(=O)C1CCN(c2ccc(C(F)(F)F)c[nH+]2)CC1. The van der Waals surface area contributed by atoms with Crippen molar-refractivity contribution < 1.29 is 27.7 Å². The van der Waals surface area contributed by atoms with Crippen molar-refractivity contribution in [2.24, 2.45) is 5.92 Å². The second kappa shape index (κ2) is 9.05. The van der Waals surface area contributed by atoms with Crippen molar-refractivity contribution in [1.29, 1.82) is 0 Å². The Morgan fingerprint density at radius 3 is 2.48 bits per heavy atom. The maximum absolute atomic E-state index is 12.6. The van der Waals surface area contributed by atoms with Crippen LogP contribution in [0.2, 0.25) is 0 Å². The lowest BCUT2D eigenvalue weighted by Crippen LogP contribution is -2.49. The van der Waals surface area contributed by atoms with Gasteiger partial charge in [0.2, 0.25) is 11.8 Å². The summed E-state index contributed by atoms with van der Waals surface area (Å²) in [7, 11) is 0. The van der Waals surface area contributed by atoms with Gasteiger partial charge in [-0.1, -0.05) is 6.92 Å². The van der Waals surface area contributed by atoms with Crippen molar-refractivity contribution >= 4 is 17.6 Å². The molecule has 1 aliphatic heterocycles. The number of pyridine rings is 1. The predicted molar refractivity (Wildman–Crippen MR) is 93.8 cm³/mol. The van der Waals surface area contributed by atoms with Crippen LogP contribution in [-0.2, 0) is 15.8 Å². The maximum atomic E-state index is 12.6. The minimum atomic E-state index is -4.37. The van der Waals surface area contributed by atoms with E-state index in [1.54, 1.807) is 6.92 Å². The van der Waals surface area contributed by atoms with Crippen LogP contribution in [0.3, 0.4) is 0 Å². The summed E-state index contributed by atoms with van der Waals surface area (Å²) in [5.74, 6) is 0.0125. The van der Waals surface area contributed by atoms with Crippen LogP contribution in [0.25, 0.3) is 0 Å². The maximum Gasteiger partial charge on any atom is 0.419 e. The molecule has 1 atom stereocenters. The third-order valence-electron chi connectivity index (χ3n) is 4.63. The first-order chi connectivity index (χ1) is 12.7. The van der Waals surface area contributed by atoms with Crippen LogP contribution in [0.15, 0.2) is 18.3 Å². The zero-order valence-electron chi connectivity index (χ0n) is 15.5. The topological polar surface area (TPSA) is 75.6 Å². The number of anilines is 1. The fourth-order valence-electron chi connectivity index (χ4n) is 2.97. The largest absolute Gasteiger partial charge is 0.419 e. The Hall–Kier alpha value is -2.32. The molecule has 2 amide bonds. The summed E-state index contributed by atoms with van der Waals surface area (Å²) < 4.78 is 37.9. The number of hydrogen-bond donors (Lipinski definition) is 2. The number of nitrogens with zero attached hydrogens (tertiary/aromatic N) is 1. The standard InChI is InChI=1S/C18H25F3N4O2/c1-3-8-22-16(26)12(2)24-17(27)13-6-9-25(10-7-13)15-5-4-14(11-23-15)18(19,20)21/h4-5,11-13H,3,6-10H2,1-2H3,(H,22,26)(H,24,27)/p+1/t12-/m0/s1. The lowest BCUT2D eigenvalue weighted by Gasteiger charge is -2.27. The number of aromatic amines is 1. The van der Waals surface area contributed by atoms with Gasteiger partial charge in [0.05, 0.1) is 18.7 Å². The van der Waals surface area contributed by atoms with Crippen molar-refractivity contribution in [3.05, 3.63) is 23.9 Å². The van der Waals surface area contributed by atoms with Crippen molar-refractivity contribution in [3.63, 3.8) is 0 Å². The number of carbonyl (C=O) groups excluding carboxylic acids is 2. The Balaban J connectivity index is 1.84. The van der Waals surface area contributed by atoms with Gasteiger partial charge in [0, 0.05) is 18.5 Å². The second-order valence-electron chi connectivity index (χ2n) is 6.74. The summed E-state index contributed by atoms with van der Waals surface area (Å²) in [6.45, 7) is 5.27. The fourth-order valence-corrected chi connectivity index (χ4v) is 2.97. The van der Waals surface area contributed by atoms with Crippen LogP contribution >= 0.6 is 0 Å². The zero-order valence-corrected chi connectivity index (χ0v) is 15.5. The third kappa shape index (κ3) is 5.83. The molecule has 1 aromatic rings. The normalized spacial score (nSPS) is 16.7. The molecule has 150 valence electrons. The van der Waals surface area contributed by atoms with E-state index in [-0.39, 0.29) is 17.7 Å². The highest BCUT2D eigenvalue weighted by Gasteiger charge is 2.34. The van der Waals surface area contributed by atoms with Crippen LogP contribution in [0.5, 0.6) is 0 Å². The highest BCUT2D eigenvalue weighted by Crippen LogP contribution is 2.29. The Bertz CT molecular complexity index is 641. The number of nitrogens with one attached hydrogen (secondary N) is 3. The van der Waals surface area contributed by atoms with E-state index in [2.05, 4.69) is 15.6 Å². The second-order valence-corrected chi connectivity index (χ2v) is 6.74. The number of rotatable bonds is 6.